The first-order chi connectivity index (χ1) is 30.6. The minimum Gasteiger partial charge on any atom is -0.456 e. The van der Waals surface area contributed by atoms with Crippen molar-refractivity contribution >= 4 is 39.0 Å². The summed E-state index contributed by atoms with van der Waals surface area (Å²) in [6.07, 6.45) is -3.07. The van der Waals surface area contributed by atoms with Crippen molar-refractivity contribution in [1.82, 2.24) is 15.0 Å². The summed E-state index contributed by atoms with van der Waals surface area (Å²) in [5.74, 6) is -1.07. The van der Waals surface area contributed by atoms with Crippen LogP contribution in [-0.4, -0.2) is 15.0 Å². The third-order valence-corrected chi connectivity index (χ3v) is 8.52. The molecule has 0 fully saturated rings. The molecule has 50 heavy (non-hydrogen) atoms. The maximum atomic E-state index is 9.57. The normalized spacial score (nSPS) is 19.8. The van der Waals surface area contributed by atoms with Gasteiger partial charge in [0, 0.05) is 41.2 Å². The van der Waals surface area contributed by atoms with Gasteiger partial charge in [-0.1, -0.05) is 115 Å². The molecule has 0 aliphatic heterocycles. The molecule has 10 rings (SSSR count). The third-order valence-electron chi connectivity index (χ3n) is 8.52. The van der Waals surface area contributed by atoms with Gasteiger partial charge in [0.25, 0.3) is 0 Å². The first-order valence-corrected chi connectivity index (χ1v) is 15.6. The van der Waals surface area contributed by atoms with Gasteiger partial charge < -0.3 is 8.83 Å². The van der Waals surface area contributed by atoms with Crippen molar-refractivity contribution in [3.8, 4) is 56.4 Å². The number of hydrogen-bond acceptors (Lipinski definition) is 5. The number of nitrogens with zero attached hydrogens (tertiary/aromatic N) is 3. The number of aryl methyl sites for hydroxylation is 1. The second-order valence-corrected chi connectivity index (χ2v) is 11.4. The van der Waals surface area contributed by atoms with Crippen molar-refractivity contribution < 1.29 is 28.0 Å². The van der Waals surface area contributed by atoms with E-state index < -0.39 is 85.3 Å². The average Bonchev–Trinajstić information content (AvgIpc) is 3.92. The van der Waals surface area contributed by atoms with Crippen LogP contribution >= 0.6 is 0 Å². The van der Waals surface area contributed by atoms with Crippen molar-refractivity contribution in [3.63, 3.8) is 0 Å². The van der Waals surface area contributed by atoms with Gasteiger partial charge in [0.15, 0.2) is 17.5 Å². The molecule has 0 N–H and O–H groups in total. The molecule has 2 atom stereocenters. The number of para-hydroxylation sites is 1. The van der Waals surface area contributed by atoms with E-state index in [9.17, 15) is 4.11 Å². The number of aromatic nitrogens is 3. The van der Waals surface area contributed by atoms with Gasteiger partial charge in [0.2, 0.25) is 0 Å². The van der Waals surface area contributed by atoms with Crippen LogP contribution in [-0.2, 0) is 6.40 Å². The van der Waals surface area contributed by atoms with Crippen molar-refractivity contribution in [3.05, 3.63) is 157 Å². The minimum atomic E-state index is -1.54. The molecule has 3 heterocycles. The Bertz CT molecular complexity index is 3530. The van der Waals surface area contributed by atoms with E-state index in [0.29, 0.717) is 11.1 Å². The Morgan fingerprint density at radius 2 is 1.22 bits per heavy atom. The molecule has 1 aliphatic rings. The molecule has 0 spiro atoms. The summed E-state index contributed by atoms with van der Waals surface area (Å²) in [7, 11) is 0. The van der Waals surface area contributed by atoms with Crippen LogP contribution < -0.4 is 0 Å². The zero-order valence-electron chi connectivity index (χ0n) is 39.8. The Kier molecular flexibility index (Phi) is 4.08. The van der Waals surface area contributed by atoms with E-state index in [1.807, 2.05) is 66.7 Å². The number of hydrogen-bond donors (Lipinski definition) is 0. The number of rotatable bonds is 5. The van der Waals surface area contributed by atoms with Crippen molar-refractivity contribution in [1.29, 1.82) is 0 Å². The molecular formula is C45H29N3O2. The van der Waals surface area contributed by atoms with E-state index in [1.165, 1.54) is 0 Å². The lowest BCUT2D eigenvalue weighted by Gasteiger charge is -2.15. The van der Waals surface area contributed by atoms with Crippen LogP contribution in [0.25, 0.3) is 95.4 Å². The minimum absolute atomic E-state index is 0.0652. The van der Waals surface area contributed by atoms with Gasteiger partial charge in [0.1, 0.15) is 22.5 Å². The monoisotopic (exact) mass is 657 g/mol. The third kappa shape index (κ3) is 4.66. The van der Waals surface area contributed by atoms with Crippen LogP contribution in [0.2, 0.25) is 0 Å². The molecule has 236 valence electrons. The standard InChI is InChI=1S/C45H29N3O2/c1-2-13-28(14-3-1)30-15-4-5-16-31(30)32-17-6-7-19-34(32)44-46-43(29-25-26-40-37(27-29)33-18-8-10-22-38(33)49-40)47-45(48-44)36-21-12-24-41-42(36)35-20-9-11-23-39(35)50-41/h1-8,10-19,21-27H,9,20H2/i8D,9D,10D,11D,12D,18D,20D,21D,22D,23D,24D,25D,26D,27D. The molecule has 0 saturated heterocycles. The van der Waals surface area contributed by atoms with E-state index in [0.717, 1.165) is 16.7 Å². The lowest BCUT2D eigenvalue weighted by molar-refractivity contribution is 0.595. The molecule has 1 aliphatic carbocycles. The maximum Gasteiger partial charge on any atom is 0.164 e. The summed E-state index contributed by atoms with van der Waals surface area (Å²) in [5, 5.41) is -0.493. The molecular weight excluding hydrogens is 615 g/mol. The van der Waals surface area contributed by atoms with E-state index in [-0.39, 0.29) is 72.8 Å². The number of benzene rings is 6. The number of allylic oxidation sites excluding steroid dienone is 1. The average molecular weight is 658 g/mol. The molecule has 9 aromatic rings. The van der Waals surface area contributed by atoms with Crippen LogP contribution in [0.3, 0.4) is 0 Å². The van der Waals surface area contributed by atoms with Crippen LogP contribution in [0.15, 0.2) is 154 Å². The van der Waals surface area contributed by atoms with Crippen LogP contribution in [0, 0.1) is 0 Å². The summed E-state index contributed by atoms with van der Waals surface area (Å²) in [4.78, 5) is 14.5. The largest absolute Gasteiger partial charge is 0.456 e. The van der Waals surface area contributed by atoms with E-state index in [1.54, 1.807) is 12.1 Å². The van der Waals surface area contributed by atoms with Crippen LogP contribution in [0.4, 0.5) is 0 Å². The molecule has 3 aromatic heterocycles. The molecule has 5 heteroatoms. The fourth-order valence-corrected chi connectivity index (χ4v) is 6.28. The molecule has 5 nitrogen and oxygen atoms in total. The predicted octanol–water partition coefficient (Wildman–Crippen LogP) is 11.8. The van der Waals surface area contributed by atoms with Crippen molar-refractivity contribution in [2.75, 3.05) is 0 Å². The predicted molar refractivity (Wildman–Crippen MR) is 201 cm³/mol. The molecule has 0 radical (unpaired) electrons. The van der Waals surface area contributed by atoms with Gasteiger partial charge >= 0.3 is 0 Å². The Morgan fingerprint density at radius 1 is 0.540 bits per heavy atom. The zero-order valence-corrected chi connectivity index (χ0v) is 25.8. The van der Waals surface area contributed by atoms with E-state index in [4.69, 9.17) is 38.9 Å². The van der Waals surface area contributed by atoms with Gasteiger partial charge in [-0.2, -0.15) is 0 Å². The van der Waals surface area contributed by atoms with Crippen LogP contribution in [0.1, 0.15) is 36.9 Å². The molecule has 0 amide bonds. The summed E-state index contributed by atoms with van der Waals surface area (Å²) in [6, 6.07) is 17.7. The molecule has 2 unspecified atom stereocenters. The smallest absolute Gasteiger partial charge is 0.164 e. The quantitative estimate of drug-likeness (QED) is 0.184. The Labute approximate surface area is 307 Å². The van der Waals surface area contributed by atoms with Gasteiger partial charge in [-0.25, -0.2) is 15.0 Å². The summed E-state index contributed by atoms with van der Waals surface area (Å²) in [6.45, 7) is 0. The zero-order chi connectivity index (χ0) is 45.2. The highest BCUT2D eigenvalue weighted by molar-refractivity contribution is 6.06. The van der Waals surface area contributed by atoms with Gasteiger partial charge in [-0.05, 0) is 71.3 Å². The topological polar surface area (TPSA) is 65.0 Å². The summed E-state index contributed by atoms with van der Waals surface area (Å²) < 4.78 is 135. The van der Waals surface area contributed by atoms with E-state index in [2.05, 4.69) is 0 Å². The maximum absolute atomic E-state index is 9.57. The highest BCUT2D eigenvalue weighted by Gasteiger charge is 2.22. The molecule has 6 aromatic carbocycles. The first kappa shape index (κ1) is 17.7. The first-order valence-electron chi connectivity index (χ1n) is 22.8. The molecule has 0 saturated carbocycles. The molecule has 0 bridgehead atoms. The second kappa shape index (κ2) is 11.5. The lowest BCUT2D eigenvalue weighted by Crippen LogP contribution is -2.02. The van der Waals surface area contributed by atoms with E-state index >= 15 is 0 Å². The highest BCUT2D eigenvalue weighted by Crippen LogP contribution is 2.41. The van der Waals surface area contributed by atoms with Crippen molar-refractivity contribution in [2.45, 2.75) is 12.8 Å². The lowest BCUT2D eigenvalue weighted by atomic mass is 9.91. The second-order valence-electron chi connectivity index (χ2n) is 11.4. The van der Waals surface area contributed by atoms with Crippen LogP contribution in [0.5, 0.6) is 0 Å². The number of furan rings is 2. The van der Waals surface area contributed by atoms with Gasteiger partial charge in [-0.3, -0.25) is 0 Å². The fourth-order valence-electron chi connectivity index (χ4n) is 6.28. The Balaban J connectivity index is 1.34. The van der Waals surface area contributed by atoms with Crippen molar-refractivity contribution in [2.24, 2.45) is 0 Å². The fraction of sp³-hybridized carbons (Fsp3) is 0.0444. The summed E-state index contributed by atoms with van der Waals surface area (Å²) >= 11 is 0. The van der Waals surface area contributed by atoms with Gasteiger partial charge in [-0.15, -0.1) is 0 Å². The Hall–Kier alpha value is -6.59. The Morgan fingerprint density at radius 3 is 2.08 bits per heavy atom. The SMILES string of the molecule is [2H]C1=C([2H])C([2H])C([2H])c2c1oc1c([2H])c([2H])c([2H])c(-c3nc(-c4ccccc4-c4ccccc4-c4ccccc4)nc(-c4c([2H])c([2H])c5oc6c([2H])c([2H])c([2H])c([2H])c6c5c4[2H])n3)c21. The summed E-state index contributed by atoms with van der Waals surface area (Å²) in [5.41, 5.74) is 1.93. The number of fused-ring (bicyclic) bond motifs is 6. The highest BCUT2D eigenvalue weighted by atomic mass is 16.3. The van der Waals surface area contributed by atoms with Gasteiger partial charge in [0.05, 0.1) is 16.4 Å².